The monoisotopic (exact) mass is 297 g/mol. The van der Waals surface area contributed by atoms with Gasteiger partial charge in [-0.2, -0.15) is 5.54 Å². The van der Waals surface area contributed by atoms with Crippen molar-refractivity contribution in [1.82, 2.24) is 5.54 Å². The number of hydrogen-bond donors (Lipinski definition) is 1. The molecule has 0 aliphatic carbocycles. The van der Waals surface area contributed by atoms with Gasteiger partial charge in [0.25, 0.3) is 5.91 Å². The van der Waals surface area contributed by atoms with Gasteiger partial charge >= 0.3 is 0 Å². The van der Waals surface area contributed by atoms with E-state index >= 15 is 0 Å². The number of nitrogens with one attached hydrogen (secondary N) is 1. The molecule has 20 heavy (non-hydrogen) atoms. The van der Waals surface area contributed by atoms with Crippen LogP contribution in [0.1, 0.15) is 18.9 Å². The van der Waals surface area contributed by atoms with Gasteiger partial charge < -0.3 is 0 Å². The summed E-state index contributed by atoms with van der Waals surface area (Å²) in [5.74, 6) is -0.946. The van der Waals surface area contributed by atoms with Crippen molar-refractivity contribution in [1.29, 1.82) is 0 Å². The molecular weight excluding hydrogens is 281 g/mol. The molecule has 0 heterocycles. The van der Waals surface area contributed by atoms with E-state index in [2.05, 4.69) is 18.2 Å². The number of fused-ring (bicyclic) bond motifs is 1. The van der Waals surface area contributed by atoms with E-state index < -0.39 is 5.91 Å². The summed E-state index contributed by atoms with van der Waals surface area (Å²) in [4.78, 5) is 11.0. The molecular formula is C16H16ArFNO. The summed E-state index contributed by atoms with van der Waals surface area (Å²) in [6.45, 7) is 1.70. The van der Waals surface area contributed by atoms with Gasteiger partial charge in [-0.3, -0.25) is 4.79 Å². The molecule has 0 aromatic heterocycles. The average Bonchev–Trinajstić information content (AvgIpc) is 2.46. The molecule has 0 saturated carbocycles. The fourth-order valence-electron chi connectivity index (χ4n) is 2.00. The van der Waals surface area contributed by atoms with Gasteiger partial charge in [0.15, 0.2) is 0 Å². The second-order valence-corrected chi connectivity index (χ2v) is 4.57. The molecule has 1 N–H and O–H groups in total. The van der Waals surface area contributed by atoms with Crippen LogP contribution in [0.25, 0.3) is 16.8 Å². The summed E-state index contributed by atoms with van der Waals surface area (Å²) in [6.07, 6.45) is 4.39. The molecule has 0 fully saturated rings. The topological polar surface area (TPSA) is 29.1 Å². The van der Waals surface area contributed by atoms with Crippen molar-refractivity contribution in [2.45, 2.75) is 13.3 Å². The van der Waals surface area contributed by atoms with Crippen molar-refractivity contribution in [2.75, 3.05) is 0 Å². The van der Waals surface area contributed by atoms with Crippen molar-refractivity contribution in [3.63, 3.8) is 0 Å². The third kappa shape index (κ3) is 4.30. The smallest absolute Gasteiger partial charge is 0.250 e. The van der Waals surface area contributed by atoms with Gasteiger partial charge in [-0.25, -0.2) is 0 Å². The van der Waals surface area contributed by atoms with Gasteiger partial charge in [0.2, 0.25) is 0 Å². The van der Waals surface area contributed by atoms with E-state index in [-0.39, 0.29) is 43.7 Å². The Morgan fingerprint density at radius 3 is 2.70 bits per heavy atom. The number of rotatable bonds is 4. The first kappa shape index (κ1) is 17.2. The van der Waals surface area contributed by atoms with Crippen molar-refractivity contribution < 1.29 is 47.0 Å². The van der Waals surface area contributed by atoms with Gasteiger partial charge in [0, 0.05) is 43.7 Å². The van der Waals surface area contributed by atoms with E-state index in [4.69, 9.17) is 0 Å². The van der Waals surface area contributed by atoms with E-state index in [1.165, 1.54) is 16.3 Å². The third-order valence-electron chi connectivity index (χ3n) is 3.15. The standard InChI is InChI=1S/C16H16FNO.Ar/c1-12(16(19)18-17)6-4-8-14-10-5-9-13-7-2-3-11-15(13)14;/h2-5,7-12H,6H2,1H3,(H,18,19);/b8-4+;/t12-;/m0./s1. The number of carbonyl (C=O) groups excluding carboxylic acids is 1. The SMILES string of the molecule is C[C@@H](C/C=C/c1cccc2ccccc12)C(=O)NF.[Ar]. The molecule has 0 bridgehead atoms. The van der Waals surface area contributed by atoms with Gasteiger partial charge in [-0.1, -0.05) is 61.5 Å². The minimum Gasteiger partial charge on any atom is -0.272 e. The predicted octanol–water partition coefficient (Wildman–Crippen LogP) is 3.88. The maximum Gasteiger partial charge on any atom is 0.250 e. The van der Waals surface area contributed by atoms with Gasteiger partial charge in [0.1, 0.15) is 0 Å². The van der Waals surface area contributed by atoms with Crippen molar-refractivity contribution >= 4 is 22.8 Å². The summed E-state index contributed by atoms with van der Waals surface area (Å²) in [7, 11) is 0. The molecule has 4 heteroatoms. The summed E-state index contributed by atoms with van der Waals surface area (Å²) >= 11 is 0. The molecule has 2 aromatic carbocycles. The number of hydrogen-bond acceptors (Lipinski definition) is 1. The zero-order valence-electron chi connectivity index (χ0n) is 11.1. The summed E-state index contributed by atoms with van der Waals surface area (Å²) < 4.78 is 12.0. The van der Waals surface area contributed by atoms with Crippen LogP contribution in [0.15, 0.2) is 48.5 Å². The Bertz CT molecular complexity index is 607. The number of carbonyl (C=O) groups is 1. The summed E-state index contributed by atoms with van der Waals surface area (Å²) in [5, 5.41) is 2.35. The Morgan fingerprint density at radius 2 is 1.95 bits per heavy atom. The van der Waals surface area contributed by atoms with E-state index in [1.807, 2.05) is 36.4 Å². The molecule has 1 atom stereocenters. The van der Waals surface area contributed by atoms with Crippen LogP contribution in [0.3, 0.4) is 0 Å². The Morgan fingerprint density at radius 1 is 1.25 bits per heavy atom. The maximum atomic E-state index is 12.0. The quantitative estimate of drug-likeness (QED) is 0.853. The largest absolute Gasteiger partial charge is 0.272 e. The molecule has 2 nitrogen and oxygen atoms in total. The Hall–Kier alpha value is -0.900. The van der Waals surface area contributed by atoms with Gasteiger partial charge in [-0.15, -0.1) is 4.48 Å². The zero-order chi connectivity index (χ0) is 13.7. The van der Waals surface area contributed by atoms with Gasteiger partial charge in [-0.05, 0) is 22.8 Å². The van der Waals surface area contributed by atoms with Crippen LogP contribution in [0.2, 0.25) is 0 Å². The zero-order valence-corrected chi connectivity index (χ0v) is 11.8. The third-order valence-corrected chi connectivity index (χ3v) is 3.15. The second kappa shape index (κ2) is 8.40. The average molecular weight is 297 g/mol. The summed E-state index contributed by atoms with van der Waals surface area (Å²) in [6, 6.07) is 14.2. The van der Waals surface area contributed by atoms with Crippen molar-refractivity contribution in [2.24, 2.45) is 5.92 Å². The molecule has 0 unspecified atom stereocenters. The van der Waals surface area contributed by atoms with Crippen molar-refractivity contribution in [3.8, 4) is 0 Å². The first-order valence-electron chi connectivity index (χ1n) is 6.27. The van der Waals surface area contributed by atoms with Crippen molar-refractivity contribution in [3.05, 3.63) is 54.1 Å². The molecule has 2 aromatic rings. The van der Waals surface area contributed by atoms with Crippen LogP contribution in [0.5, 0.6) is 0 Å². The van der Waals surface area contributed by atoms with Crippen LogP contribution in [-0.4, -0.2) is 5.91 Å². The first-order valence-corrected chi connectivity index (χ1v) is 6.27. The Balaban J connectivity index is 0.00000200. The normalized spacial score (nSPS) is 12.1. The molecule has 2 rings (SSSR count). The Kier molecular flexibility index (Phi) is 7.20. The summed E-state index contributed by atoms with van der Waals surface area (Å²) in [5.41, 5.74) is 2.27. The van der Waals surface area contributed by atoms with Crippen LogP contribution in [0, 0.1) is 43.7 Å². The number of halogens is 1. The molecule has 0 aliphatic heterocycles. The van der Waals surface area contributed by atoms with Crippen LogP contribution in [0.4, 0.5) is 4.48 Å². The number of allylic oxidation sites excluding steroid dienone is 1. The van der Waals surface area contributed by atoms with Gasteiger partial charge in [0.05, 0.1) is 0 Å². The fraction of sp³-hybridized carbons (Fsp3) is 0.188. The van der Waals surface area contributed by atoms with E-state index in [1.54, 1.807) is 6.92 Å². The Labute approximate surface area is 148 Å². The van der Waals surface area contributed by atoms with Crippen LogP contribution in [-0.2, 0) is 4.79 Å². The number of benzene rings is 2. The molecule has 106 valence electrons. The fourth-order valence-corrected chi connectivity index (χ4v) is 2.00. The van der Waals surface area contributed by atoms with Crippen LogP contribution < -0.4 is 5.54 Å². The predicted molar refractivity (Wildman–Crippen MR) is 76.0 cm³/mol. The maximum absolute atomic E-state index is 12.0. The molecule has 0 saturated heterocycles. The molecule has 1 amide bonds. The minimum atomic E-state index is -0.581. The second-order valence-electron chi connectivity index (χ2n) is 4.57. The molecule has 0 spiro atoms. The van der Waals surface area contributed by atoms with E-state index in [0.29, 0.717) is 6.42 Å². The molecule has 0 radical (unpaired) electrons. The first-order chi connectivity index (χ1) is 9.22. The number of amides is 1. The van der Waals surface area contributed by atoms with E-state index in [0.717, 1.165) is 5.56 Å². The molecule has 0 aliphatic rings. The van der Waals surface area contributed by atoms with E-state index in [9.17, 15) is 9.28 Å². The minimum absolute atomic E-state index is 0. The van der Waals surface area contributed by atoms with Crippen LogP contribution >= 0.6 is 0 Å².